The molecule has 0 aliphatic rings. The second-order valence-corrected chi connectivity index (χ2v) is 9.27. The van der Waals surface area contributed by atoms with Crippen LogP contribution in [0.3, 0.4) is 0 Å². The Labute approximate surface area is 174 Å². The Kier molecular flexibility index (Phi) is 8.28. The summed E-state index contributed by atoms with van der Waals surface area (Å²) in [6.45, 7) is 13.8. The van der Waals surface area contributed by atoms with Crippen molar-refractivity contribution in [3.05, 3.63) is 46.7 Å². The molecule has 1 aromatic carbocycles. The lowest BCUT2D eigenvalue weighted by molar-refractivity contribution is -0.158. The van der Waals surface area contributed by atoms with Gasteiger partial charge >= 0.3 is 11.9 Å². The van der Waals surface area contributed by atoms with Crippen molar-refractivity contribution in [2.45, 2.75) is 61.0 Å². The van der Waals surface area contributed by atoms with E-state index in [0.717, 1.165) is 5.56 Å². The predicted molar refractivity (Wildman–Crippen MR) is 114 cm³/mol. The van der Waals surface area contributed by atoms with Crippen LogP contribution in [-0.2, 0) is 25.5 Å². The van der Waals surface area contributed by atoms with Crippen LogP contribution in [0.25, 0.3) is 0 Å². The molecule has 0 fully saturated rings. The first-order valence-corrected chi connectivity index (χ1v) is 9.68. The molecule has 0 aromatic heterocycles. The van der Waals surface area contributed by atoms with Crippen LogP contribution in [0.5, 0.6) is 5.75 Å². The zero-order valence-electron chi connectivity index (χ0n) is 19.1. The van der Waals surface area contributed by atoms with Crippen molar-refractivity contribution in [3.63, 3.8) is 0 Å². The van der Waals surface area contributed by atoms with Gasteiger partial charge in [-0.3, -0.25) is 0 Å². The lowest BCUT2D eigenvalue weighted by atomic mass is 9.74. The molecule has 0 saturated carbocycles. The zero-order valence-corrected chi connectivity index (χ0v) is 19.1. The molecule has 0 radical (unpaired) electrons. The molecule has 5 nitrogen and oxygen atoms in total. The number of carbonyl (C=O) groups excluding carboxylic acids is 2. The molecule has 0 unspecified atom stereocenters. The number of ether oxygens (including phenoxy) is 3. The lowest BCUT2D eigenvalue weighted by Gasteiger charge is -2.39. The van der Waals surface area contributed by atoms with Gasteiger partial charge in [0.2, 0.25) is 0 Å². The first kappa shape index (κ1) is 24.5. The van der Waals surface area contributed by atoms with Crippen LogP contribution in [0.2, 0.25) is 0 Å². The first-order chi connectivity index (χ1) is 13.3. The quantitative estimate of drug-likeness (QED) is 0.385. The van der Waals surface area contributed by atoms with E-state index in [1.165, 1.54) is 7.11 Å². The molecular weight excluding hydrogens is 368 g/mol. The third-order valence-electron chi connectivity index (χ3n) is 4.39. The van der Waals surface area contributed by atoms with E-state index in [0.29, 0.717) is 5.75 Å². The van der Waals surface area contributed by atoms with Gasteiger partial charge in [-0.1, -0.05) is 59.4 Å². The van der Waals surface area contributed by atoms with Crippen molar-refractivity contribution < 1.29 is 23.8 Å². The summed E-state index contributed by atoms with van der Waals surface area (Å²) in [5.41, 5.74) is 3.76. The van der Waals surface area contributed by atoms with E-state index in [2.05, 4.69) is 5.73 Å². The Balaban J connectivity index is 3.26. The smallest absolute Gasteiger partial charge is 0.341 e. The van der Waals surface area contributed by atoms with Gasteiger partial charge in [-0.05, 0) is 35.4 Å². The average Bonchev–Trinajstić information content (AvgIpc) is 2.62. The fourth-order valence-corrected chi connectivity index (χ4v) is 3.40. The Morgan fingerprint density at radius 1 is 1.00 bits per heavy atom. The number of carbonyl (C=O) groups is 2. The zero-order chi connectivity index (χ0) is 22.4. The summed E-state index contributed by atoms with van der Waals surface area (Å²) >= 11 is 0. The van der Waals surface area contributed by atoms with Crippen LogP contribution in [0.4, 0.5) is 0 Å². The summed E-state index contributed by atoms with van der Waals surface area (Å²) in [6.07, 6.45) is -0.0459. The Hall–Kier alpha value is -2.52. The summed E-state index contributed by atoms with van der Waals surface area (Å²) in [5.74, 6) is -0.347. The normalized spacial score (nSPS) is 11.5. The largest absolute Gasteiger partial charge is 0.497 e. The molecule has 1 aromatic rings. The van der Waals surface area contributed by atoms with Gasteiger partial charge < -0.3 is 14.2 Å². The van der Waals surface area contributed by atoms with Gasteiger partial charge in [0, 0.05) is 6.42 Å². The Bertz CT molecular complexity index is 785. The molecule has 29 heavy (non-hydrogen) atoms. The predicted octanol–water partition coefficient (Wildman–Crippen LogP) is 4.89. The van der Waals surface area contributed by atoms with Crippen LogP contribution >= 0.6 is 0 Å². The van der Waals surface area contributed by atoms with Crippen LogP contribution in [0.15, 0.2) is 41.1 Å². The highest BCUT2D eigenvalue weighted by atomic mass is 16.5. The van der Waals surface area contributed by atoms with Gasteiger partial charge in [-0.2, -0.15) is 0 Å². The number of hydrogen-bond donors (Lipinski definition) is 0. The van der Waals surface area contributed by atoms with Gasteiger partial charge in [0.05, 0.1) is 25.4 Å². The molecule has 0 N–H and O–H groups in total. The minimum atomic E-state index is -0.539. The summed E-state index contributed by atoms with van der Waals surface area (Å²) in [5, 5.41) is 0. The van der Waals surface area contributed by atoms with Crippen LogP contribution in [0.1, 0.15) is 54.0 Å². The van der Waals surface area contributed by atoms with E-state index < -0.39 is 11.9 Å². The maximum atomic E-state index is 12.7. The Morgan fingerprint density at radius 3 is 2.07 bits per heavy atom. The maximum Gasteiger partial charge on any atom is 0.341 e. The van der Waals surface area contributed by atoms with E-state index in [1.54, 1.807) is 14.0 Å². The van der Waals surface area contributed by atoms with Crippen molar-refractivity contribution >= 4 is 11.9 Å². The molecule has 0 saturated heterocycles. The molecule has 0 amide bonds. The molecule has 0 bridgehead atoms. The lowest BCUT2D eigenvalue weighted by Crippen LogP contribution is -2.42. The van der Waals surface area contributed by atoms with E-state index in [-0.39, 0.29) is 34.5 Å². The summed E-state index contributed by atoms with van der Waals surface area (Å²) in [4.78, 5) is 25.0. The number of rotatable bonds is 6. The molecule has 0 spiro atoms. The highest BCUT2D eigenvalue weighted by molar-refractivity contribution is 5.92. The highest BCUT2D eigenvalue weighted by Crippen LogP contribution is 2.36. The van der Waals surface area contributed by atoms with Gasteiger partial charge in [-0.25, -0.2) is 9.59 Å². The van der Waals surface area contributed by atoms with E-state index >= 15 is 0 Å². The van der Waals surface area contributed by atoms with Crippen molar-refractivity contribution in [1.29, 1.82) is 0 Å². The number of benzene rings is 1. The van der Waals surface area contributed by atoms with Gasteiger partial charge in [0.15, 0.2) is 0 Å². The van der Waals surface area contributed by atoms with E-state index in [1.807, 2.05) is 65.8 Å². The molecule has 1 rings (SSSR count). The summed E-state index contributed by atoms with van der Waals surface area (Å²) in [6, 6.07) is 7.36. The second-order valence-electron chi connectivity index (χ2n) is 9.27. The first-order valence-electron chi connectivity index (χ1n) is 9.68. The second kappa shape index (κ2) is 9.80. The minimum Gasteiger partial charge on any atom is -0.497 e. The molecule has 5 heteroatoms. The van der Waals surface area contributed by atoms with Crippen molar-refractivity contribution in [3.8, 4) is 5.75 Å². The SMILES string of the molecule is COC(=O)C(=C=C(C)C(=O)OC(C(C)(C)C)C(C)(C)C)Cc1cccc(OC)c1. The maximum absolute atomic E-state index is 12.7. The molecule has 0 atom stereocenters. The van der Waals surface area contributed by atoms with Crippen LogP contribution < -0.4 is 4.74 Å². The van der Waals surface area contributed by atoms with Crippen molar-refractivity contribution in [2.75, 3.05) is 14.2 Å². The van der Waals surface area contributed by atoms with Gasteiger partial charge in [-0.15, -0.1) is 0 Å². The summed E-state index contributed by atoms with van der Waals surface area (Å²) in [7, 11) is 2.88. The fraction of sp³-hybridized carbons (Fsp3) is 0.542. The minimum absolute atomic E-state index is 0.229. The molecule has 0 aliphatic heterocycles. The van der Waals surface area contributed by atoms with Crippen LogP contribution in [-0.4, -0.2) is 32.3 Å². The summed E-state index contributed by atoms with van der Waals surface area (Å²) < 4.78 is 15.9. The Morgan fingerprint density at radius 2 is 1.59 bits per heavy atom. The fourth-order valence-electron chi connectivity index (χ4n) is 3.40. The number of esters is 2. The monoisotopic (exact) mass is 402 g/mol. The molecule has 160 valence electrons. The van der Waals surface area contributed by atoms with Crippen molar-refractivity contribution in [1.82, 2.24) is 0 Å². The number of methoxy groups -OCH3 is 2. The van der Waals surface area contributed by atoms with Crippen LogP contribution in [0, 0.1) is 10.8 Å². The van der Waals surface area contributed by atoms with Crippen molar-refractivity contribution in [2.24, 2.45) is 10.8 Å². The third kappa shape index (κ3) is 7.43. The topological polar surface area (TPSA) is 61.8 Å². The average molecular weight is 403 g/mol. The molecule has 0 aliphatic carbocycles. The van der Waals surface area contributed by atoms with Gasteiger partial charge in [0.1, 0.15) is 11.9 Å². The standard InChI is InChI=1S/C24H34O5/c1-16(20(25)29-22(23(2,3)4)24(5,6)7)13-18(21(26)28-9)14-17-11-10-12-19(15-17)27-8/h10-12,15,22H,14H2,1-9H3. The van der Waals surface area contributed by atoms with E-state index in [4.69, 9.17) is 14.2 Å². The van der Waals surface area contributed by atoms with Gasteiger partial charge in [0.25, 0.3) is 0 Å². The number of hydrogen-bond acceptors (Lipinski definition) is 5. The molecule has 0 heterocycles. The highest BCUT2D eigenvalue weighted by Gasteiger charge is 2.38. The third-order valence-corrected chi connectivity index (χ3v) is 4.39. The molecular formula is C24H34O5. The van der Waals surface area contributed by atoms with E-state index in [9.17, 15) is 9.59 Å².